The van der Waals surface area contributed by atoms with Gasteiger partial charge in [0.15, 0.2) is 5.96 Å². The van der Waals surface area contributed by atoms with Crippen LogP contribution in [0.1, 0.15) is 38.5 Å². The number of halogens is 1. The van der Waals surface area contributed by atoms with E-state index >= 15 is 0 Å². The second kappa shape index (κ2) is 10.6. The van der Waals surface area contributed by atoms with Crippen LogP contribution < -0.4 is 10.6 Å². The van der Waals surface area contributed by atoms with Crippen LogP contribution >= 0.6 is 24.0 Å². The lowest BCUT2D eigenvalue weighted by molar-refractivity contribution is 0.141. The van der Waals surface area contributed by atoms with E-state index in [-0.39, 0.29) is 24.0 Å². The molecule has 0 aromatic heterocycles. The van der Waals surface area contributed by atoms with Crippen LogP contribution in [0.4, 0.5) is 0 Å². The third-order valence-electron chi connectivity index (χ3n) is 4.51. The summed E-state index contributed by atoms with van der Waals surface area (Å²) < 4.78 is 5.19. The first-order valence-corrected chi connectivity index (χ1v) is 8.03. The number of aliphatic imine (C=N–C) groups is 1. The third-order valence-corrected chi connectivity index (χ3v) is 4.51. The second-order valence-corrected chi connectivity index (χ2v) is 5.90. The zero-order valence-corrected chi connectivity index (χ0v) is 15.8. The highest BCUT2D eigenvalue weighted by atomic mass is 127. The van der Waals surface area contributed by atoms with Crippen molar-refractivity contribution in [1.29, 1.82) is 0 Å². The lowest BCUT2D eigenvalue weighted by atomic mass is 10.2. The van der Waals surface area contributed by atoms with Crippen molar-refractivity contribution in [3.05, 3.63) is 0 Å². The molecule has 2 aliphatic rings. The molecule has 124 valence electrons. The minimum absolute atomic E-state index is 0. The van der Waals surface area contributed by atoms with Crippen molar-refractivity contribution in [2.24, 2.45) is 4.99 Å². The van der Waals surface area contributed by atoms with Gasteiger partial charge < -0.3 is 15.4 Å². The predicted molar refractivity (Wildman–Crippen MR) is 98.6 cm³/mol. The summed E-state index contributed by atoms with van der Waals surface area (Å²) in [5.41, 5.74) is 0. The number of rotatable bonds is 6. The largest absolute Gasteiger partial charge is 0.383 e. The molecule has 0 amide bonds. The summed E-state index contributed by atoms with van der Waals surface area (Å²) in [6, 6.07) is 1.24. The molecule has 5 nitrogen and oxygen atoms in total. The molecule has 2 N–H and O–H groups in total. The maximum Gasteiger partial charge on any atom is 0.191 e. The number of hydrogen-bond acceptors (Lipinski definition) is 3. The fourth-order valence-electron chi connectivity index (χ4n) is 3.30. The maximum absolute atomic E-state index is 5.19. The summed E-state index contributed by atoms with van der Waals surface area (Å²) in [6.45, 7) is 4.05. The molecular formula is C15H31IN4O. The number of hydrogen-bond donors (Lipinski definition) is 2. The van der Waals surface area contributed by atoms with Gasteiger partial charge in [0, 0.05) is 39.3 Å². The van der Waals surface area contributed by atoms with Crippen LogP contribution in [-0.2, 0) is 4.74 Å². The summed E-state index contributed by atoms with van der Waals surface area (Å²) in [6.07, 6.45) is 7.83. The molecule has 1 heterocycles. The number of guanidine groups is 1. The molecule has 21 heavy (non-hydrogen) atoms. The van der Waals surface area contributed by atoms with Crippen LogP contribution in [-0.4, -0.2) is 63.3 Å². The van der Waals surface area contributed by atoms with Crippen molar-refractivity contribution in [3.8, 4) is 0 Å². The Morgan fingerprint density at radius 2 is 2.00 bits per heavy atom. The van der Waals surface area contributed by atoms with E-state index < -0.39 is 0 Å². The lowest BCUT2D eigenvalue weighted by Crippen LogP contribution is -2.47. The standard InChI is InChI=1S/C15H30N4O.HI/c1-16-15(18-13-6-3-4-7-13)17-12-14-8-5-9-19(14)10-11-20-2;/h13-14H,3-12H2,1-2H3,(H2,16,17,18);1H. The Labute approximate surface area is 146 Å². The highest BCUT2D eigenvalue weighted by Crippen LogP contribution is 2.18. The Morgan fingerprint density at radius 1 is 1.24 bits per heavy atom. The van der Waals surface area contributed by atoms with Gasteiger partial charge in [-0.25, -0.2) is 0 Å². The molecule has 1 saturated heterocycles. The van der Waals surface area contributed by atoms with Gasteiger partial charge >= 0.3 is 0 Å². The first-order valence-electron chi connectivity index (χ1n) is 8.03. The third kappa shape index (κ3) is 6.28. The van der Waals surface area contributed by atoms with E-state index in [2.05, 4.69) is 20.5 Å². The molecule has 0 bridgehead atoms. The molecule has 1 aliphatic carbocycles. The predicted octanol–water partition coefficient (Wildman–Crippen LogP) is 1.82. The average molecular weight is 410 g/mol. The first-order chi connectivity index (χ1) is 9.83. The molecule has 6 heteroatoms. The minimum Gasteiger partial charge on any atom is -0.383 e. The van der Waals surface area contributed by atoms with Gasteiger partial charge in [-0.05, 0) is 32.2 Å². The van der Waals surface area contributed by atoms with E-state index in [9.17, 15) is 0 Å². The molecule has 1 unspecified atom stereocenters. The monoisotopic (exact) mass is 410 g/mol. The molecular weight excluding hydrogens is 379 g/mol. The molecule has 0 aromatic carbocycles. The Hall–Kier alpha value is -0.0800. The van der Waals surface area contributed by atoms with E-state index in [0.717, 1.165) is 25.7 Å². The fraction of sp³-hybridized carbons (Fsp3) is 0.933. The van der Waals surface area contributed by atoms with E-state index in [1.165, 1.54) is 45.1 Å². The van der Waals surface area contributed by atoms with Crippen molar-refractivity contribution in [2.75, 3.05) is 40.4 Å². The fourth-order valence-corrected chi connectivity index (χ4v) is 3.30. The van der Waals surface area contributed by atoms with Gasteiger partial charge in [0.25, 0.3) is 0 Å². The molecule has 1 saturated carbocycles. The second-order valence-electron chi connectivity index (χ2n) is 5.90. The maximum atomic E-state index is 5.19. The zero-order valence-electron chi connectivity index (χ0n) is 13.4. The van der Waals surface area contributed by atoms with Gasteiger partial charge in [0.05, 0.1) is 6.61 Å². The van der Waals surface area contributed by atoms with Gasteiger partial charge in [0.2, 0.25) is 0 Å². The van der Waals surface area contributed by atoms with Crippen LogP contribution in [0, 0.1) is 0 Å². The minimum atomic E-state index is 0. The Balaban J connectivity index is 0.00000220. The number of nitrogens with one attached hydrogen (secondary N) is 2. The van der Waals surface area contributed by atoms with Crippen LogP contribution in [0.15, 0.2) is 4.99 Å². The number of ether oxygens (including phenoxy) is 1. The zero-order chi connectivity index (χ0) is 14.2. The summed E-state index contributed by atoms with van der Waals surface area (Å²) >= 11 is 0. The molecule has 1 atom stereocenters. The topological polar surface area (TPSA) is 48.9 Å². The van der Waals surface area contributed by atoms with Crippen molar-refractivity contribution in [2.45, 2.75) is 50.6 Å². The van der Waals surface area contributed by atoms with E-state index in [0.29, 0.717) is 12.1 Å². The van der Waals surface area contributed by atoms with Crippen LogP contribution in [0.5, 0.6) is 0 Å². The highest BCUT2D eigenvalue weighted by molar-refractivity contribution is 14.0. The van der Waals surface area contributed by atoms with E-state index in [1.54, 1.807) is 7.11 Å². The summed E-state index contributed by atoms with van der Waals surface area (Å²) in [4.78, 5) is 6.88. The van der Waals surface area contributed by atoms with Crippen molar-refractivity contribution < 1.29 is 4.74 Å². The van der Waals surface area contributed by atoms with Crippen LogP contribution in [0.25, 0.3) is 0 Å². The Kier molecular flexibility index (Phi) is 9.59. The Morgan fingerprint density at radius 3 is 2.67 bits per heavy atom. The van der Waals surface area contributed by atoms with Gasteiger partial charge in [-0.1, -0.05) is 12.8 Å². The van der Waals surface area contributed by atoms with E-state index in [4.69, 9.17) is 4.74 Å². The van der Waals surface area contributed by atoms with Gasteiger partial charge in [-0.3, -0.25) is 9.89 Å². The highest BCUT2D eigenvalue weighted by Gasteiger charge is 2.24. The number of nitrogens with zero attached hydrogens (tertiary/aromatic N) is 2. The average Bonchev–Trinajstić information content (AvgIpc) is 3.12. The molecule has 0 radical (unpaired) electrons. The summed E-state index contributed by atoms with van der Waals surface area (Å²) in [7, 11) is 3.64. The van der Waals surface area contributed by atoms with Crippen LogP contribution in [0.3, 0.4) is 0 Å². The molecule has 0 aromatic rings. The molecule has 0 spiro atoms. The van der Waals surface area contributed by atoms with Crippen LogP contribution in [0.2, 0.25) is 0 Å². The van der Waals surface area contributed by atoms with E-state index in [1.807, 2.05) is 7.05 Å². The number of methoxy groups -OCH3 is 1. The molecule has 2 fully saturated rings. The quantitative estimate of drug-likeness (QED) is 0.399. The summed E-state index contributed by atoms with van der Waals surface area (Å²) in [5.74, 6) is 0.968. The van der Waals surface area contributed by atoms with Crippen molar-refractivity contribution >= 4 is 29.9 Å². The van der Waals surface area contributed by atoms with Crippen molar-refractivity contribution in [3.63, 3.8) is 0 Å². The lowest BCUT2D eigenvalue weighted by Gasteiger charge is -2.25. The molecule has 2 rings (SSSR count). The first kappa shape index (κ1) is 19.0. The van der Waals surface area contributed by atoms with Gasteiger partial charge in [0.1, 0.15) is 0 Å². The van der Waals surface area contributed by atoms with Crippen molar-refractivity contribution in [1.82, 2.24) is 15.5 Å². The Bertz CT molecular complexity index is 308. The normalized spacial score (nSPS) is 24.1. The van der Waals surface area contributed by atoms with Gasteiger partial charge in [-0.2, -0.15) is 0 Å². The molecule has 1 aliphatic heterocycles. The number of likely N-dealkylation sites (tertiary alicyclic amines) is 1. The van der Waals surface area contributed by atoms with Gasteiger partial charge in [-0.15, -0.1) is 24.0 Å². The summed E-state index contributed by atoms with van der Waals surface area (Å²) in [5, 5.41) is 7.04. The smallest absolute Gasteiger partial charge is 0.191 e. The SMILES string of the molecule is CN=C(NCC1CCCN1CCOC)NC1CCCC1.I.